The fraction of sp³-hybridized carbons (Fsp3) is 0.429. The van der Waals surface area contributed by atoms with Crippen LogP contribution in [0.4, 0.5) is 5.82 Å². The monoisotopic (exact) mass is 246 g/mol. The van der Waals surface area contributed by atoms with Crippen LogP contribution in [0.25, 0.3) is 0 Å². The highest BCUT2D eigenvalue weighted by Gasteiger charge is 2.09. The van der Waals surface area contributed by atoms with E-state index >= 15 is 0 Å². The van der Waals surface area contributed by atoms with Crippen molar-refractivity contribution in [3.63, 3.8) is 0 Å². The minimum absolute atomic E-state index is 0.351. The van der Waals surface area contributed by atoms with E-state index in [2.05, 4.69) is 17.8 Å². The van der Waals surface area contributed by atoms with E-state index in [9.17, 15) is 4.79 Å². The second kappa shape index (κ2) is 7.33. The molecule has 1 aromatic rings. The van der Waals surface area contributed by atoms with Crippen molar-refractivity contribution in [2.75, 3.05) is 24.6 Å². The van der Waals surface area contributed by atoms with E-state index in [1.165, 1.54) is 6.20 Å². The van der Waals surface area contributed by atoms with Crippen LogP contribution in [0.15, 0.2) is 18.3 Å². The number of hydrogen-bond acceptors (Lipinski definition) is 4. The molecule has 1 heterocycles. The quantitative estimate of drug-likeness (QED) is 0.569. The number of rotatable bonds is 6. The molecule has 0 aliphatic carbocycles. The van der Waals surface area contributed by atoms with Gasteiger partial charge in [-0.15, -0.1) is 6.42 Å². The van der Waals surface area contributed by atoms with Crippen molar-refractivity contribution in [3.8, 4) is 12.3 Å². The SMILES string of the molecule is C#CCN(CCC)c1ccc(C(=O)OCC)cn1. The second-order valence-electron chi connectivity index (χ2n) is 3.75. The van der Waals surface area contributed by atoms with Crippen molar-refractivity contribution in [2.45, 2.75) is 20.3 Å². The number of nitrogens with zero attached hydrogens (tertiary/aromatic N) is 2. The Labute approximate surface area is 108 Å². The Bertz CT molecular complexity index is 420. The Kier molecular flexibility index (Phi) is 5.72. The molecular formula is C14H18N2O2. The Hall–Kier alpha value is -2.02. The number of hydrogen-bond donors (Lipinski definition) is 0. The highest BCUT2D eigenvalue weighted by molar-refractivity contribution is 5.89. The largest absolute Gasteiger partial charge is 0.462 e. The maximum Gasteiger partial charge on any atom is 0.339 e. The van der Waals surface area contributed by atoms with E-state index < -0.39 is 0 Å². The Morgan fingerprint density at radius 3 is 2.78 bits per heavy atom. The van der Waals surface area contributed by atoms with Crippen molar-refractivity contribution in [1.29, 1.82) is 0 Å². The van der Waals surface area contributed by atoms with Gasteiger partial charge in [0.25, 0.3) is 0 Å². The zero-order valence-corrected chi connectivity index (χ0v) is 10.8. The van der Waals surface area contributed by atoms with Gasteiger partial charge in [-0.05, 0) is 25.5 Å². The van der Waals surface area contributed by atoms with E-state index in [4.69, 9.17) is 11.2 Å². The van der Waals surface area contributed by atoms with Crippen molar-refractivity contribution in [1.82, 2.24) is 4.98 Å². The molecule has 1 rings (SSSR count). The molecule has 0 radical (unpaired) electrons. The number of esters is 1. The van der Waals surface area contributed by atoms with Gasteiger partial charge in [-0.25, -0.2) is 9.78 Å². The highest BCUT2D eigenvalue weighted by atomic mass is 16.5. The summed E-state index contributed by atoms with van der Waals surface area (Å²) >= 11 is 0. The lowest BCUT2D eigenvalue weighted by Gasteiger charge is -2.20. The summed E-state index contributed by atoms with van der Waals surface area (Å²) in [6, 6.07) is 3.50. The normalized spacial score (nSPS) is 9.61. The van der Waals surface area contributed by atoms with Crippen molar-refractivity contribution in [2.24, 2.45) is 0 Å². The molecule has 96 valence electrons. The smallest absolute Gasteiger partial charge is 0.339 e. The summed E-state index contributed by atoms with van der Waals surface area (Å²) in [6.07, 6.45) is 7.83. The summed E-state index contributed by atoms with van der Waals surface area (Å²) in [5.74, 6) is 3.03. The number of terminal acetylenes is 1. The average Bonchev–Trinajstić information content (AvgIpc) is 2.39. The molecule has 0 spiro atoms. The minimum Gasteiger partial charge on any atom is -0.462 e. The third-order valence-corrected chi connectivity index (χ3v) is 2.36. The van der Waals surface area contributed by atoms with Gasteiger partial charge in [0.05, 0.1) is 18.7 Å². The predicted octanol–water partition coefficient (Wildman–Crippen LogP) is 2.11. The number of carbonyl (C=O) groups is 1. The first-order valence-electron chi connectivity index (χ1n) is 6.04. The van der Waals surface area contributed by atoms with Crippen LogP contribution in [0.2, 0.25) is 0 Å². The average molecular weight is 246 g/mol. The number of ether oxygens (including phenoxy) is 1. The molecule has 0 N–H and O–H groups in total. The van der Waals surface area contributed by atoms with Gasteiger partial charge in [0, 0.05) is 12.7 Å². The van der Waals surface area contributed by atoms with E-state index in [-0.39, 0.29) is 5.97 Å². The molecule has 0 aromatic carbocycles. The van der Waals surface area contributed by atoms with Gasteiger partial charge in [-0.2, -0.15) is 0 Å². The van der Waals surface area contributed by atoms with Gasteiger partial charge in [-0.3, -0.25) is 0 Å². The van der Waals surface area contributed by atoms with Crippen LogP contribution in [0, 0.1) is 12.3 Å². The molecule has 0 saturated heterocycles. The molecule has 0 aliphatic rings. The first-order valence-corrected chi connectivity index (χ1v) is 6.04. The number of pyridine rings is 1. The van der Waals surface area contributed by atoms with Crippen LogP contribution in [0.5, 0.6) is 0 Å². The van der Waals surface area contributed by atoms with E-state index in [1.54, 1.807) is 19.1 Å². The molecule has 0 atom stereocenters. The molecule has 1 aromatic heterocycles. The fourth-order valence-corrected chi connectivity index (χ4v) is 1.56. The molecule has 0 fully saturated rings. The summed E-state index contributed by atoms with van der Waals surface area (Å²) in [7, 11) is 0. The molecule has 0 amide bonds. The first kappa shape index (κ1) is 14.0. The third-order valence-electron chi connectivity index (χ3n) is 2.36. The maximum absolute atomic E-state index is 11.5. The van der Waals surface area contributed by atoms with Gasteiger partial charge in [-0.1, -0.05) is 12.8 Å². The molecule has 4 heteroatoms. The summed E-state index contributed by atoms with van der Waals surface area (Å²) in [4.78, 5) is 17.7. The highest BCUT2D eigenvalue weighted by Crippen LogP contribution is 2.12. The Morgan fingerprint density at radius 2 is 2.28 bits per heavy atom. The van der Waals surface area contributed by atoms with Crippen LogP contribution >= 0.6 is 0 Å². The predicted molar refractivity (Wildman–Crippen MR) is 71.5 cm³/mol. The maximum atomic E-state index is 11.5. The molecular weight excluding hydrogens is 228 g/mol. The summed E-state index contributed by atoms with van der Waals surface area (Å²) < 4.78 is 4.90. The zero-order valence-electron chi connectivity index (χ0n) is 10.8. The van der Waals surface area contributed by atoms with Crippen molar-refractivity contribution < 1.29 is 9.53 Å². The fourth-order valence-electron chi connectivity index (χ4n) is 1.56. The lowest BCUT2D eigenvalue weighted by Crippen LogP contribution is -2.25. The van der Waals surface area contributed by atoms with Crippen LogP contribution in [-0.4, -0.2) is 30.6 Å². The second-order valence-corrected chi connectivity index (χ2v) is 3.75. The summed E-state index contributed by atoms with van der Waals surface area (Å²) in [5, 5.41) is 0. The van der Waals surface area contributed by atoms with E-state index in [1.807, 2.05) is 4.90 Å². The topological polar surface area (TPSA) is 42.4 Å². The van der Waals surface area contributed by atoms with Gasteiger partial charge in [0.15, 0.2) is 0 Å². The molecule has 0 bridgehead atoms. The first-order chi connectivity index (χ1) is 8.72. The van der Waals surface area contributed by atoms with Crippen LogP contribution < -0.4 is 4.90 Å². The third kappa shape index (κ3) is 3.77. The lowest BCUT2D eigenvalue weighted by molar-refractivity contribution is 0.0526. The summed E-state index contributed by atoms with van der Waals surface area (Å²) in [6.45, 7) is 5.57. The zero-order chi connectivity index (χ0) is 13.4. The standard InChI is InChI=1S/C14H18N2O2/c1-4-9-16(10-5-2)13-8-7-12(11-15-13)14(17)18-6-3/h1,7-8,11H,5-6,9-10H2,2-3H3. The van der Waals surface area contributed by atoms with Gasteiger partial charge in [0.2, 0.25) is 0 Å². The molecule has 4 nitrogen and oxygen atoms in total. The van der Waals surface area contributed by atoms with Gasteiger partial charge in [0.1, 0.15) is 5.82 Å². The molecule has 0 saturated carbocycles. The van der Waals surface area contributed by atoms with Crippen LogP contribution in [0.1, 0.15) is 30.6 Å². The summed E-state index contributed by atoms with van der Waals surface area (Å²) in [5.41, 5.74) is 0.456. The Morgan fingerprint density at radius 1 is 1.50 bits per heavy atom. The number of aromatic nitrogens is 1. The van der Waals surface area contributed by atoms with Crippen molar-refractivity contribution in [3.05, 3.63) is 23.9 Å². The number of carbonyl (C=O) groups excluding carboxylic acids is 1. The molecule has 0 aliphatic heterocycles. The molecule has 0 unspecified atom stereocenters. The molecule has 18 heavy (non-hydrogen) atoms. The van der Waals surface area contributed by atoms with Crippen LogP contribution in [0.3, 0.4) is 0 Å². The van der Waals surface area contributed by atoms with Gasteiger partial charge < -0.3 is 9.64 Å². The van der Waals surface area contributed by atoms with Gasteiger partial charge >= 0.3 is 5.97 Å². The van der Waals surface area contributed by atoms with Crippen molar-refractivity contribution >= 4 is 11.8 Å². The van der Waals surface area contributed by atoms with E-state index in [0.29, 0.717) is 18.7 Å². The number of anilines is 1. The van der Waals surface area contributed by atoms with E-state index in [0.717, 1.165) is 18.8 Å². The van der Waals surface area contributed by atoms with Crippen LogP contribution in [-0.2, 0) is 4.74 Å². The lowest BCUT2D eigenvalue weighted by atomic mass is 10.2. The minimum atomic E-state index is -0.351. The Balaban J connectivity index is 2.80.